The predicted molar refractivity (Wildman–Crippen MR) is 133 cm³/mol. The molecule has 8 heteroatoms. The third-order valence-corrected chi connectivity index (χ3v) is 6.48. The molecule has 2 heterocycles. The third kappa shape index (κ3) is 4.99. The quantitative estimate of drug-likeness (QED) is 0.285. The van der Waals surface area contributed by atoms with Crippen LogP contribution >= 0.6 is 11.6 Å². The highest BCUT2D eigenvalue weighted by Crippen LogP contribution is 2.36. The summed E-state index contributed by atoms with van der Waals surface area (Å²) >= 11 is 6.41. The fraction of sp³-hybridized carbons (Fsp3) is 0.269. The number of ether oxygens (including phenoxy) is 1. The summed E-state index contributed by atoms with van der Waals surface area (Å²) in [7, 11) is 0. The second kappa shape index (κ2) is 9.35. The van der Waals surface area contributed by atoms with E-state index in [0.717, 1.165) is 27.6 Å². The highest BCUT2D eigenvalue weighted by Gasteiger charge is 2.44. The molecule has 0 aliphatic rings. The number of hydrogen-bond donors (Lipinski definition) is 3. The maximum Gasteiger partial charge on any atom is 0.405 e. The van der Waals surface area contributed by atoms with Crippen LogP contribution in [0.25, 0.3) is 22.0 Å². The Kier molecular flexibility index (Phi) is 6.48. The summed E-state index contributed by atoms with van der Waals surface area (Å²) in [5.41, 5.74) is 2.20. The molecule has 0 aliphatic heterocycles. The van der Waals surface area contributed by atoms with Crippen molar-refractivity contribution in [3.05, 3.63) is 77.7 Å². The number of nitrogens with one attached hydrogen (secondary N) is 2. The Balaban J connectivity index is 1.65. The van der Waals surface area contributed by atoms with E-state index in [1.165, 1.54) is 0 Å². The number of rotatable bonds is 7. The van der Waals surface area contributed by atoms with Crippen LogP contribution in [-0.2, 0) is 6.42 Å². The van der Waals surface area contributed by atoms with Gasteiger partial charge in [-0.15, -0.1) is 0 Å². The van der Waals surface area contributed by atoms with Gasteiger partial charge < -0.3 is 15.2 Å². The van der Waals surface area contributed by atoms with Crippen LogP contribution in [0.2, 0.25) is 5.15 Å². The van der Waals surface area contributed by atoms with Crippen LogP contribution in [0.15, 0.2) is 67.0 Å². The average Bonchev–Trinajstić information content (AvgIpc) is 3.26. The molecule has 0 unspecified atom stereocenters. The molecule has 0 fully saturated rings. The Hall–Kier alpha value is -3.58. The first-order chi connectivity index (χ1) is 16.2. The van der Waals surface area contributed by atoms with Gasteiger partial charge in [0.2, 0.25) is 0 Å². The molecule has 34 heavy (non-hydrogen) atoms. The van der Waals surface area contributed by atoms with Crippen LogP contribution in [0, 0.1) is 5.41 Å². The highest BCUT2D eigenvalue weighted by molar-refractivity contribution is 6.32. The second-order valence-electron chi connectivity index (χ2n) is 9.39. The summed E-state index contributed by atoms with van der Waals surface area (Å²) in [6.45, 7) is 6.12. The van der Waals surface area contributed by atoms with Crippen LogP contribution in [0.4, 0.5) is 4.79 Å². The number of fused-ring (bicyclic) bond motifs is 1. The Morgan fingerprint density at radius 1 is 1.12 bits per heavy atom. The van der Waals surface area contributed by atoms with E-state index < -0.39 is 17.0 Å². The molecule has 0 aliphatic carbocycles. The molecule has 0 saturated heterocycles. The van der Waals surface area contributed by atoms with Crippen molar-refractivity contribution in [2.45, 2.75) is 32.7 Å². The SMILES string of the molecule is CC(C)(C)[C@](COc1cnc(Cl)c(-c2ccc3[nH]ncc3c2)c1)(Cc1ccccc1)NC(=O)O. The van der Waals surface area contributed by atoms with Crippen molar-refractivity contribution in [3.63, 3.8) is 0 Å². The lowest BCUT2D eigenvalue weighted by Gasteiger charge is -2.44. The molecule has 176 valence electrons. The lowest BCUT2D eigenvalue weighted by molar-refractivity contribution is 0.0686. The Morgan fingerprint density at radius 3 is 2.59 bits per heavy atom. The minimum atomic E-state index is -1.10. The molecule has 0 radical (unpaired) electrons. The molecular weight excluding hydrogens is 452 g/mol. The minimum absolute atomic E-state index is 0.112. The van der Waals surface area contributed by atoms with Crippen LogP contribution < -0.4 is 10.1 Å². The van der Waals surface area contributed by atoms with Crippen molar-refractivity contribution in [1.82, 2.24) is 20.5 Å². The van der Waals surface area contributed by atoms with Gasteiger partial charge in [0.1, 0.15) is 17.5 Å². The summed E-state index contributed by atoms with van der Waals surface area (Å²) < 4.78 is 6.20. The summed E-state index contributed by atoms with van der Waals surface area (Å²) in [5, 5.41) is 20.7. The topological polar surface area (TPSA) is 100 Å². The number of amides is 1. The summed E-state index contributed by atoms with van der Waals surface area (Å²) in [4.78, 5) is 16.1. The van der Waals surface area contributed by atoms with Crippen molar-refractivity contribution in [2.75, 3.05) is 6.61 Å². The van der Waals surface area contributed by atoms with Gasteiger partial charge in [0, 0.05) is 10.9 Å². The number of hydrogen-bond acceptors (Lipinski definition) is 4. The molecule has 0 bridgehead atoms. The number of H-pyrrole nitrogens is 1. The van der Waals surface area contributed by atoms with Crippen molar-refractivity contribution in [1.29, 1.82) is 0 Å². The fourth-order valence-corrected chi connectivity index (χ4v) is 4.19. The smallest absolute Gasteiger partial charge is 0.405 e. The number of benzene rings is 2. The molecule has 4 aromatic rings. The lowest BCUT2D eigenvalue weighted by Crippen LogP contribution is -2.62. The van der Waals surface area contributed by atoms with Crippen LogP contribution in [0.3, 0.4) is 0 Å². The zero-order chi connectivity index (χ0) is 24.3. The first-order valence-electron chi connectivity index (χ1n) is 10.9. The largest absolute Gasteiger partial charge is 0.489 e. The maximum atomic E-state index is 11.8. The number of carbonyl (C=O) groups is 1. The van der Waals surface area contributed by atoms with Crippen molar-refractivity contribution < 1.29 is 14.6 Å². The van der Waals surface area contributed by atoms with E-state index in [1.54, 1.807) is 12.4 Å². The van der Waals surface area contributed by atoms with E-state index in [9.17, 15) is 9.90 Å². The van der Waals surface area contributed by atoms with Crippen LogP contribution in [0.5, 0.6) is 5.75 Å². The molecule has 4 rings (SSSR count). The number of aromatic nitrogens is 3. The molecule has 2 aromatic carbocycles. The highest BCUT2D eigenvalue weighted by atomic mass is 35.5. The molecule has 2 aromatic heterocycles. The molecule has 0 saturated carbocycles. The van der Waals surface area contributed by atoms with Gasteiger partial charge in [-0.1, -0.05) is 68.8 Å². The zero-order valence-corrected chi connectivity index (χ0v) is 20.1. The average molecular weight is 479 g/mol. The third-order valence-electron chi connectivity index (χ3n) is 6.18. The number of aromatic amines is 1. The number of halogens is 1. The normalized spacial score (nSPS) is 13.4. The molecule has 3 N–H and O–H groups in total. The van der Waals surface area contributed by atoms with Gasteiger partial charge in [-0.3, -0.25) is 5.10 Å². The van der Waals surface area contributed by atoms with E-state index in [-0.39, 0.29) is 6.61 Å². The molecular formula is C26H27ClN4O3. The summed E-state index contributed by atoms with van der Waals surface area (Å²) in [6, 6.07) is 17.5. The first-order valence-corrected chi connectivity index (χ1v) is 11.3. The zero-order valence-electron chi connectivity index (χ0n) is 19.3. The first kappa shape index (κ1) is 23.6. The predicted octanol–water partition coefficient (Wildman–Crippen LogP) is 5.95. The fourth-order valence-electron chi connectivity index (χ4n) is 3.98. The maximum absolute atomic E-state index is 11.8. The van der Waals surface area contributed by atoms with E-state index in [2.05, 4.69) is 20.5 Å². The van der Waals surface area contributed by atoms with Gasteiger partial charge in [0.05, 0.1) is 23.4 Å². The van der Waals surface area contributed by atoms with Gasteiger partial charge in [-0.05, 0) is 41.2 Å². The summed E-state index contributed by atoms with van der Waals surface area (Å²) in [6.07, 6.45) is 2.67. The monoisotopic (exact) mass is 478 g/mol. The number of pyridine rings is 1. The van der Waals surface area contributed by atoms with E-state index in [1.807, 2.05) is 75.4 Å². The summed E-state index contributed by atoms with van der Waals surface area (Å²) in [5.74, 6) is 0.501. The standard InChI is InChI=1S/C26H27ClN4O3/c1-25(2,3)26(30-24(32)33,13-17-7-5-4-6-8-17)16-34-20-12-21(23(27)28-15-20)18-9-10-22-19(11-18)14-29-31-22/h4-12,14-15,30H,13,16H2,1-3H3,(H,29,31)(H,32,33)/t26-/m1/s1. The Labute approximate surface area is 203 Å². The van der Waals surface area contributed by atoms with Gasteiger partial charge in [0.15, 0.2) is 0 Å². The van der Waals surface area contributed by atoms with E-state index >= 15 is 0 Å². The van der Waals surface area contributed by atoms with Crippen LogP contribution in [0.1, 0.15) is 26.3 Å². The molecule has 1 atom stereocenters. The van der Waals surface area contributed by atoms with Crippen molar-refractivity contribution in [2.24, 2.45) is 5.41 Å². The van der Waals surface area contributed by atoms with Gasteiger partial charge in [-0.25, -0.2) is 9.78 Å². The van der Waals surface area contributed by atoms with E-state index in [0.29, 0.717) is 17.3 Å². The molecule has 7 nitrogen and oxygen atoms in total. The second-order valence-corrected chi connectivity index (χ2v) is 9.75. The van der Waals surface area contributed by atoms with Crippen molar-refractivity contribution in [3.8, 4) is 16.9 Å². The number of nitrogens with zero attached hydrogens (tertiary/aromatic N) is 2. The van der Waals surface area contributed by atoms with Gasteiger partial charge in [0.25, 0.3) is 0 Å². The van der Waals surface area contributed by atoms with Crippen molar-refractivity contribution >= 4 is 28.6 Å². The Morgan fingerprint density at radius 2 is 1.88 bits per heavy atom. The molecule has 0 spiro atoms. The molecule has 1 amide bonds. The number of carboxylic acid groups (broad SMARTS) is 1. The Bertz CT molecular complexity index is 1300. The van der Waals surface area contributed by atoms with Gasteiger partial charge in [-0.2, -0.15) is 5.10 Å². The lowest BCUT2D eigenvalue weighted by atomic mass is 9.70. The van der Waals surface area contributed by atoms with E-state index in [4.69, 9.17) is 16.3 Å². The minimum Gasteiger partial charge on any atom is -0.489 e. The van der Waals surface area contributed by atoms with Crippen LogP contribution in [-0.4, -0.2) is 38.5 Å². The van der Waals surface area contributed by atoms with Gasteiger partial charge >= 0.3 is 6.09 Å².